The van der Waals surface area contributed by atoms with E-state index in [0.717, 1.165) is 0 Å². The Labute approximate surface area is 55.0 Å². The molecular formula is H5MoNNbO. The van der Waals surface area contributed by atoms with Crippen LogP contribution in [0.5, 0.6) is 0 Å². The van der Waals surface area contributed by atoms with Gasteiger partial charge in [0.15, 0.2) is 0 Å². The molecule has 0 aromatic heterocycles. The van der Waals surface area contributed by atoms with Gasteiger partial charge in [0, 0.05) is 43.4 Å². The average Bonchev–Trinajstić information content (AvgIpc) is 0. The van der Waals surface area contributed by atoms with E-state index in [1.165, 1.54) is 0 Å². The smallest absolute Gasteiger partial charge is 0 e. The van der Waals surface area contributed by atoms with Gasteiger partial charge >= 0.3 is 0 Å². The first kappa shape index (κ1) is 55.6. The van der Waals surface area contributed by atoms with Crippen LogP contribution in [-0.2, 0) is 43.4 Å². The maximum Gasteiger partial charge on any atom is 0 e. The monoisotopic (exact) mass is 226 g/mol. The second-order valence-electron chi connectivity index (χ2n) is 0. The first-order chi connectivity index (χ1) is 0. The molecule has 0 aliphatic heterocycles. The molecule has 1 radical (unpaired) electrons. The van der Waals surface area contributed by atoms with E-state index in [1.54, 1.807) is 0 Å². The summed E-state index contributed by atoms with van der Waals surface area (Å²) in [5.74, 6) is 0. The topological polar surface area (TPSA) is 66.5 Å². The summed E-state index contributed by atoms with van der Waals surface area (Å²) in [5, 5.41) is 0. The molecule has 0 unspecified atom stereocenters. The first-order valence-electron chi connectivity index (χ1n) is 0. The first-order valence-corrected chi connectivity index (χ1v) is 0. The minimum absolute atomic E-state index is 0. The van der Waals surface area contributed by atoms with Gasteiger partial charge in [-0.05, 0) is 0 Å². The third kappa shape index (κ3) is 10.2. The quantitative estimate of drug-likeness (QED) is 0.545. The standard InChI is InChI=1S/Mo.H3N.Nb.H2O/h;1H3;;1H2. The molecule has 0 spiro atoms. The Hall–Kier alpha value is 1.35. The summed E-state index contributed by atoms with van der Waals surface area (Å²) in [5.41, 5.74) is 0. The summed E-state index contributed by atoms with van der Waals surface area (Å²) in [4.78, 5) is 0. The van der Waals surface area contributed by atoms with Crippen LogP contribution in [-0.4, -0.2) is 5.48 Å². The molecule has 0 amide bonds. The van der Waals surface area contributed by atoms with Gasteiger partial charge < -0.3 is 11.6 Å². The molecular weight excluding hydrogens is 219 g/mol. The average molecular weight is 224 g/mol. The molecule has 0 atom stereocenters. The summed E-state index contributed by atoms with van der Waals surface area (Å²) in [6.07, 6.45) is 0. The van der Waals surface area contributed by atoms with Crippen LogP contribution < -0.4 is 6.15 Å². The number of hydrogen-bond donors (Lipinski definition) is 1. The maximum absolute atomic E-state index is 0. The SMILES string of the molecule is N.O.[Mo].[Nb]. The molecule has 0 aliphatic rings. The van der Waals surface area contributed by atoms with Gasteiger partial charge in [-0.15, -0.1) is 0 Å². The predicted molar refractivity (Wildman–Crippen MR) is 8.64 cm³/mol. The van der Waals surface area contributed by atoms with E-state index in [2.05, 4.69) is 0 Å². The zero-order chi connectivity index (χ0) is 0. The van der Waals surface area contributed by atoms with Crippen LogP contribution in [0.4, 0.5) is 0 Å². The van der Waals surface area contributed by atoms with Gasteiger partial charge in [-0.2, -0.15) is 0 Å². The Bertz CT molecular complexity index is 8.00. The van der Waals surface area contributed by atoms with Crippen molar-refractivity contribution < 1.29 is 48.9 Å². The van der Waals surface area contributed by atoms with E-state index < -0.39 is 0 Å². The largest absolute Gasteiger partial charge is 0.412 e. The third-order valence-electron chi connectivity index (χ3n) is 0. The summed E-state index contributed by atoms with van der Waals surface area (Å²) < 4.78 is 0. The second kappa shape index (κ2) is 26.8. The minimum Gasteiger partial charge on any atom is -0.412 e. The third-order valence-corrected chi connectivity index (χ3v) is 0. The predicted octanol–water partition coefficient (Wildman–Crippen LogP) is -0.668. The van der Waals surface area contributed by atoms with Crippen molar-refractivity contribution in [3.05, 3.63) is 0 Å². The Morgan fingerprint density at radius 1 is 1.00 bits per heavy atom. The van der Waals surface area contributed by atoms with Gasteiger partial charge in [0.25, 0.3) is 0 Å². The molecule has 2 nitrogen and oxygen atoms in total. The Morgan fingerprint density at radius 2 is 1.00 bits per heavy atom. The van der Waals surface area contributed by atoms with E-state index in [0.29, 0.717) is 0 Å². The Balaban J connectivity index is 0. The van der Waals surface area contributed by atoms with Crippen molar-refractivity contribution in [1.82, 2.24) is 6.15 Å². The van der Waals surface area contributed by atoms with Gasteiger partial charge in [0.1, 0.15) is 0 Å². The van der Waals surface area contributed by atoms with Crippen LogP contribution in [0.15, 0.2) is 0 Å². The molecule has 0 rings (SSSR count). The molecule has 0 aromatic carbocycles. The normalized spacial score (nSPS) is 0. The molecule has 27 valence electrons. The molecule has 0 bridgehead atoms. The number of hydrogen-bond acceptors (Lipinski definition) is 1. The molecule has 4 heavy (non-hydrogen) atoms. The fourth-order valence-electron chi connectivity index (χ4n) is 0. The van der Waals surface area contributed by atoms with Crippen molar-refractivity contribution in [2.75, 3.05) is 0 Å². The number of rotatable bonds is 0. The summed E-state index contributed by atoms with van der Waals surface area (Å²) in [7, 11) is 0. The Kier molecular flexibility index (Phi) is 373. The molecule has 0 aliphatic carbocycles. The van der Waals surface area contributed by atoms with Crippen molar-refractivity contribution in [2.24, 2.45) is 0 Å². The van der Waals surface area contributed by atoms with Crippen LogP contribution in [0.2, 0.25) is 0 Å². The summed E-state index contributed by atoms with van der Waals surface area (Å²) >= 11 is 0. The van der Waals surface area contributed by atoms with Gasteiger partial charge in [0.2, 0.25) is 0 Å². The molecule has 5 N–H and O–H groups in total. The van der Waals surface area contributed by atoms with Gasteiger partial charge in [-0.25, -0.2) is 0 Å². The fourth-order valence-corrected chi connectivity index (χ4v) is 0. The molecule has 0 saturated carbocycles. The minimum atomic E-state index is 0. The molecule has 0 aromatic rings. The van der Waals surface area contributed by atoms with Crippen LogP contribution in [0.1, 0.15) is 0 Å². The Morgan fingerprint density at radius 3 is 1.00 bits per heavy atom. The zero-order valence-electron chi connectivity index (χ0n) is 2.06. The van der Waals surface area contributed by atoms with Crippen molar-refractivity contribution in [3.63, 3.8) is 0 Å². The summed E-state index contributed by atoms with van der Waals surface area (Å²) in [6.45, 7) is 0. The van der Waals surface area contributed by atoms with Crippen molar-refractivity contribution >= 4 is 0 Å². The molecule has 0 saturated heterocycles. The van der Waals surface area contributed by atoms with Crippen LogP contribution in [0.25, 0.3) is 0 Å². The summed E-state index contributed by atoms with van der Waals surface area (Å²) in [6, 6.07) is 0. The molecule has 0 heterocycles. The fraction of sp³-hybridized carbons (Fsp3) is 0. The second-order valence-corrected chi connectivity index (χ2v) is 0. The van der Waals surface area contributed by atoms with Crippen LogP contribution >= 0.6 is 0 Å². The maximum atomic E-state index is 0. The van der Waals surface area contributed by atoms with Crippen LogP contribution in [0.3, 0.4) is 0 Å². The van der Waals surface area contributed by atoms with E-state index in [1.807, 2.05) is 0 Å². The van der Waals surface area contributed by atoms with Gasteiger partial charge in [0.05, 0.1) is 0 Å². The van der Waals surface area contributed by atoms with Crippen molar-refractivity contribution in [2.45, 2.75) is 0 Å². The van der Waals surface area contributed by atoms with E-state index in [4.69, 9.17) is 0 Å². The van der Waals surface area contributed by atoms with E-state index >= 15 is 0 Å². The van der Waals surface area contributed by atoms with E-state index in [-0.39, 0.29) is 55.1 Å². The zero-order valence-corrected chi connectivity index (χ0v) is 6.27. The molecule has 0 fully saturated rings. The molecule has 4 heteroatoms. The van der Waals surface area contributed by atoms with Gasteiger partial charge in [-0.3, -0.25) is 0 Å². The van der Waals surface area contributed by atoms with E-state index in [9.17, 15) is 0 Å². The van der Waals surface area contributed by atoms with Gasteiger partial charge in [-0.1, -0.05) is 0 Å². The van der Waals surface area contributed by atoms with Crippen molar-refractivity contribution in [1.29, 1.82) is 0 Å². The van der Waals surface area contributed by atoms with Crippen molar-refractivity contribution in [3.8, 4) is 0 Å². The van der Waals surface area contributed by atoms with Crippen LogP contribution in [0, 0.1) is 0 Å².